The Morgan fingerprint density at radius 1 is 1.00 bits per heavy atom. The predicted octanol–water partition coefficient (Wildman–Crippen LogP) is 6.22. The molecular weight excluding hydrogens is 447 g/mol. The van der Waals surface area contributed by atoms with E-state index in [1.807, 2.05) is 19.9 Å². The zero-order valence-electron chi connectivity index (χ0n) is 22.4. The fraction of sp³-hybridized carbons (Fsp3) is 0.821. The number of aliphatic carboxylic acids is 1. The van der Waals surface area contributed by atoms with Crippen LogP contribution in [0.1, 0.15) is 112 Å². The lowest BCUT2D eigenvalue weighted by atomic mass is 9.84. The molecule has 0 aromatic rings. The van der Waals surface area contributed by atoms with Gasteiger partial charge in [0.05, 0.1) is 23.2 Å². The molecule has 6 heteroatoms. The Hall–Kier alpha value is -0.740. The minimum Gasteiger partial charge on any atom is -0.481 e. The minimum absolute atomic E-state index is 0.181. The maximum absolute atomic E-state index is 10.9. The van der Waals surface area contributed by atoms with Gasteiger partial charge in [-0.3, -0.25) is 4.79 Å². The van der Waals surface area contributed by atoms with E-state index in [4.69, 9.17) is 5.11 Å². The van der Waals surface area contributed by atoms with Gasteiger partial charge in [-0.05, 0) is 95.4 Å². The average Bonchev–Trinajstić information content (AvgIpc) is 2.73. The summed E-state index contributed by atoms with van der Waals surface area (Å²) in [6.45, 7) is 11.8. The topological polar surface area (TPSA) is 98.0 Å². The Labute approximate surface area is 210 Å². The summed E-state index contributed by atoms with van der Waals surface area (Å²) in [5, 5.41) is 41.9. The third-order valence-corrected chi connectivity index (χ3v) is 8.69. The van der Waals surface area contributed by atoms with Crippen molar-refractivity contribution >= 4 is 15.2 Å². The molecule has 0 amide bonds. The third kappa shape index (κ3) is 11.3. The van der Waals surface area contributed by atoms with E-state index < -0.39 is 23.3 Å². The highest BCUT2D eigenvalue weighted by atomic mass is 31.0. The van der Waals surface area contributed by atoms with E-state index in [1.165, 1.54) is 16.5 Å². The van der Waals surface area contributed by atoms with Crippen LogP contribution in [0.2, 0.25) is 0 Å². The van der Waals surface area contributed by atoms with Crippen molar-refractivity contribution in [2.45, 2.75) is 129 Å². The molecule has 1 aliphatic rings. The van der Waals surface area contributed by atoms with Crippen LogP contribution in [0.15, 0.2) is 22.5 Å². The Bertz CT molecular complexity index is 710. The van der Waals surface area contributed by atoms with Gasteiger partial charge in [0.2, 0.25) is 0 Å². The number of rotatable bonds is 16. The first-order valence-electron chi connectivity index (χ1n) is 13.2. The van der Waals surface area contributed by atoms with Crippen molar-refractivity contribution in [3.8, 4) is 0 Å². The van der Waals surface area contributed by atoms with Crippen molar-refractivity contribution in [2.24, 2.45) is 17.8 Å². The number of carboxylic acid groups (broad SMARTS) is 1. The van der Waals surface area contributed by atoms with Gasteiger partial charge in [-0.15, -0.1) is 9.24 Å². The Balaban J connectivity index is 2.30. The van der Waals surface area contributed by atoms with Gasteiger partial charge >= 0.3 is 5.97 Å². The fourth-order valence-electron chi connectivity index (χ4n) is 4.80. The third-order valence-electron chi connectivity index (χ3n) is 7.86. The van der Waals surface area contributed by atoms with Crippen LogP contribution in [0.3, 0.4) is 0 Å². The van der Waals surface area contributed by atoms with Crippen LogP contribution in [0.25, 0.3) is 0 Å². The van der Waals surface area contributed by atoms with Gasteiger partial charge in [0.1, 0.15) is 0 Å². The van der Waals surface area contributed by atoms with E-state index in [-0.39, 0.29) is 11.8 Å². The number of carboxylic acids is 1. The molecular formula is C28H51O5P. The average molecular weight is 499 g/mol. The lowest BCUT2D eigenvalue weighted by Gasteiger charge is -2.28. The molecule has 5 nitrogen and oxygen atoms in total. The molecule has 0 radical (unpaired) electrons. The predicted molar refractivity (Wildman–Crippen MR) is 144 cm³/mol. The highest BCUT2D eigenvalue weighted by Gasteiger charge is 2.26. The molecule has 0 heterocycles. The number of hydrogen-bond donors (Lipinski definition) is 4. The van der Waals surface area contributed by atoms with Crippen molar-refractivity contribution in [3.63, 3.8) is 0 Å². The van der Waals surface area contributed by atoms with Crippen molar-refractivity contribution in [1.29, 1.82) is 0 Å². The van der Waals surface area contributed by atoms with Crippen molar-refractivity contribution < 1.29 is 25.2 Å². The van der Waals surface area contributed by atoms with Crippen LogP contribution in [0.4, 0.5) is 0 Å². The van der Waals surface area contributed by atoms with E-state index in [9.17, 15) is 20.1 Å². The molecule has 198 valence electrons. The maximum atomic E-state index is 10.9. The summed E-state index contributed by atoms with van der Waals surface area (Å²) in [5.74, 6) is -0.428. The van der Waals surface area contributed by atoms with Gasteiger partial charge in [0.15, 0.2) is 0 Å². The van der Waals surface area contributed by atoms with Gasteiger partial charge < -0.3 is 20.4 Å². The van der Waals surface area contributed by atoms with Crippen molar-refractivity contribution in [1.82, 2.24) is 0 Å². The SMILES string of the molecule is CC1=C(P)C(CCC(C)CCCC(C)(O)CCCC(C)(O)CCCC(C)C(=O)O)=CC(O)C1C. The molecule has 0 aromatic carbocycles. The van der Waals surface area contributed by atoms with Gasteiger partial charge in [-0.2, -0.15) is 0 Å². The van der Waals surface area contributed by atoms with E-state index in [2.05, 4.69) is 30.0 Å². The van der Waals surface area contributed by atoms with E-state index in [1.54, 1.807) is 6.92 Å². The Morgan fingerprint density at radius 2 is 1.50 bits per heavy atom. The number of carbonyl (C=O) groups is 1. The van der Waals surface area contributed by atoms with Gasteiger partial charge in [0, 0.05) is 5.92 Å². The molecule has 0 saturated heterocycles. The second-order valence-corrected chi connectivity index (χ2v) is 12.2. The second-order valence-electron chi connectivity index (χ2n) is 11.6. The zero-order chi connectivity index (χ0) is 26.1. The van der Waals surface area contributed by atoms with Crippen molar-refractivity contribution in [3.05, 3.63) is 22.5 Å². The lowest BCUT2D eigenvalue weighted by molar-refractivity contribution is -0.141. The molecule has 0 aliphatic heterocycles. The van der Waals surface area contributed by atoms with Gasteiger partial charge in [-0.1, -0.05) is 45.3 Å². The molecule has 0 fully saturated rings. The largest absolute Gasteiger partial charge is 0.481 e. The quantitative estimate of drug-likeness (QED) is 0.189. The summed E-state index contributed by atoms with van der Waals surface area (Å²) in [6, 6.07) is 0. The van der Waals surface area contributed by atoms with Crippen LogP contribution in [-0.2, 0) is 4.79 Å². The summed E-state index contributed by atoms with van der Waals surface area (Å²) in [6.07, 6.45) is 10.3. The van der Waals surface area contributed by atoms with Crippen LogP contribution >= 0.6 is 9.24 Å². The smallest absolute Gasteiger partial charge is 0.306 e. The second kappa shape index (κ2) is 14.1. The zero-order valence-corrected chi connectivity index (χ0v) is 23.6. The van der Waals surface area contributed by atoms with E-state index in [0.29, 0.717) is 38.0 Å². The number of allylic oxidation sites excluding steroid dienone is 2. The summed E-state index contributed by atoms with van der Waals surface area (Å²) in [5.41, 5.74) is 0.960. The number of hydrogen-bond acceptors (Lipinski definition) is 4. The minimum atomic E-state index is -0.814. The molecule has 0 spiro atoms. The normalized spacial score (nSPS) is 24.2. The fourth-order valence-corrected chi connectivity index (χ4v) is 5.31. The van der Waals surface area contributed by atoms with E-state index >= 15 is 0 Å². The summed E-state index contributed by atoms with van der Waals surface area (Å²) in [7, 11) is 2.85. The molecule has 1 rings (SSSR count). The van der Waals surface area contributed by atoms with Gasteiger partial charge in [0.25, 0.3) is 0 Å². The summed E-state index contributed by atoms with van der Waals surface area (Å²) in [4.78, 5) is 10.9. The standard InChI is InChI=1S/C28H51O5P/c1-19(12-13-23-18-24(29)21(3)22(4)25(23)34)10-7-14-27(5,32)16-9-17-28(6,33)15-8-11-20(2)26(30)31/h18-21,24,29,32-33H,7-17,34H2,1-6H3,(H,30,31). The van der Waals surface area contributed by atoms with Gasteiger partial charge in [-0.25, -0.2) is 0 Å². The van der Waals surface area contributed by atoms with Crippen LogP contribution in [-0.4, -0.2) is 43.7 Å². The van der Waals surface area contributed by atoms with Crippen LogP contribution in [0, 0.1) is 17.8 Å². The van der Waals surface area contributed by atoms with Crippen LogP contribution in [0.5, 0.6) is 0 Å². The molecule has 7 atom stereocenters. The highest BCUT2D eigenvalue weighted by molar-refractivity contribution is 7.23. The molecule has 7 unspecified atom stereocenters. The maximum Gasteiger partial charge on any atom is 0.306 e. The van der Waals surface area contributed by atoms with E-state index in [0.717, 1.165) is 38.5 Å². The molecule has 4 N–H and O–H groups in total. The first kappa shape index (κ1) is 31.3. The first-order chi connectivity index (χ1) is 15.6. The molecule has 1 aliphatic carbocycles. The lowest BCUT2D eigenvalue weighted by Crippen LogP contribution is -2.28. The summed E-state index contributed by atoms with van der Waals surface area (Å²) < 4.78 is 0. The van der Waals surface area contributed by atoms with Crippen molar-refractivity contribution in [2.75, 3.05) is 0 Å². The highest BCUT2D eigenvalue weighted by Crippen LogP contribution is 2.37. The molecule has 0 bridgehead atoms. The Morgan fingerprint density at radius 3 is 2.03 bits per heavy atom. The van der Waals surface area contributed by atoms with Crippen LogP contribution < -0.4 is 0 Å². The molecule has 0 aromatic heterocycles. The molecule has 34 heavy (non-hydrogen) atoms. The summed E-state index contributed by atoms with van der Waals surface area (Å²) >= 11 is 0. The number of aliphatic hydroxyl groups excluding tert-OH is 1. The first-order valence-corrected chi connectivity index (χ1v) is 13.8. The monoisotopic (exact) mass is 498 g/mol. The number of aliphatic hydroxyl groups is 3. The molecule has 0 saturated carbocycles. The Kier molecular flexibility index (Phi) is 13.0.